The van der Waals surface area contributed by atoms with Gasteiger partial charge in [0.05, 0.1) is 12.7 Å². The van der Waals surface area contributed by atoms with Gasteiger partial charge in [-0.05, 0) is 50.3 Å². The third-order valence-corrected chi connectivity index (χ3v) is 4.47. The van der Waals surface area contributed by atoms with Crippen molar-refractivity contribution in [3.05, 3.63) is 29.8 Å². The van der Waals surface area contributed by atoms with Gasteiger partial charge in [0.25, 0.3) is 0 Å². The highest BCUT2D eigenvalue weighted by atomic mass is 16.5. The summed E-state index contributed by atoms with van der Waals surface area (Å²) >= 11 is 0. The van der Waals surface area contributed by atoms with E-state index in [4.69, 9.17) is 9.47 Å². The van der Waals surface area contributed by atoms with Crippen LogP contribution in [0.4, 0.5) is 0 Å². The van der Waals surface area contributed by atoms with E-state index in [1.54, 1.807) is 0 Å². The Morgan fingerprint density at radius 3 is 2.62 bits per heavy atom. The lowest BCUT2D eigenvalue weighted by Gasteiger charge is -2.29. The maximum absolute atomic E-state index is 5.75. The predicted molar refractivity (Wildman–Crippen MR) is 86.7 cm³/mol. The maximum atomic E-state index is 5.75. The molecular formula is C18H29NO2. The molecule has 1 saturated heterocycles. The summed E-state index contributed by atoms with van der Waals surface area (Å²) in [6.07, 6.45) is 2.44. The normalized spacial score (nSPS) is 25.5. The van der Waals surface area contributed by atoms with Crippen LogP contribution in [0.5, 0.6) is 5.75 Å². The van der Waals surface area contributed by atoms with E-state index in [1.807, 2.05) is 0 Å². The first-order valence-electron chi connectivity index (χ1n) is 8.08. The van der Waals surface area contributed by atoms with Gasteiger partial charge >= 0.3 is 0 Å². The summed E-state index contributed by atoms with van der Waals surface area (Å²) in [5, 5.41) is 3.64. The molecule has 0 spiro atoms. The van der Waals surface area contributed by atoms with E-state index in [9.17, 15) is 0 Å². The average Bonchev–Trinajstić information content (AvgIpc) is 2.78. The van der Waals surface area contributed by atoms with Gasteiger partial charge in [-0.25, -0.2) is 0 Å². The Bertz CT molecular complexity index is 429. The number of hydrogen-bond donors (Lipinski definition) is 1. The fourth-order valence-corrected chi connectivity index (χ4v) is 2.49. The largest absolute Gasteiger partial charge is 0.494 e. The molecule has 1 aromatic carbocycles. The van der Waals surface area contributed by atoms with Crippen molar-refractivity contribution in [2.45, 2.75) is 58.7 Å². The standard InChI is InChI=1S/C18H29NO2/c1-14(2)9-11-21-17-7-5-16(6-8-17)13-19-18(4)10-12-20-15(18)3/h5-8,14-15,19H,9-13H2,1-4H3. The van der Waals surface area contributed by atoms with E-state index in [0.29, 0.717) is 5.92 Å². The molecule has 118 valence electrons. The van der Waals surface area contributed by atoms with Crippen molar-refractivity contribution >= 4 is 0 Å². The third kappa shape index (κ3) is 4.72. The fraction of sp³-hybridized carbons (Fsp3) is 0.667. The molecule has 0 bridgehead atoms. The van der Waals surface area contributed by atoms with Crippen molar-refractivity contribution in [1.82, 2.24) is 5.32 Å². The third-order valence-electron chi connectivity index (χ3n) is 4.47. The van der Waals surface area contributed by atoms with Gasteiger partial charge in [-0.3, -0.25) is 0 Å². The molecule has 1 fully saturated rings. The van der Waals surface area contributed by atoms with Crippen LogP contribution in [-0.2, 0) is 11.3 Å². The molecule has 1 aliphatic heterocycles. The van der Waals surface area contributed by atoms with E-state index in [2.05, 4.69) is 57.3 Å². The van der Waals surface area contributed by atoms with E-state index in [-0.39, 0.29) is 11.6 Å². The number of ether oxygens (including phenoxy) is 2. The summed E-state index contributed by atoms with van der Waals surface area (Å²) in [5.41, 5.74) is 1.37. The molecule has 2 rings (SSSR count). The minimum absolute atomic E-state index is 0.0897. The Morgan fingerprint density at radius 2 is 2.05 bits per heavy atom. The summed E-state index contributed by atoms with van der Waals surface area (Å²) in [4.78, 5) is 0. The second-order valence-electron chi connectivity index (χ2n) is 6.71. The fourth-order valence-electron chi connectivity index (χ4n) is 2.49. The molecule has 3 heteroatoms. The lowest BCUT2D eigenvalue weighted by molar-refractivity contribution is 0.0881. The first-order valence-corrected chi connectivity index (χ1v) is 8.08. The Morgan fingerprint density at radius 1 is 1.33 bits per heavy atom. The smallest absolute Gasteiger partial charge is 0.119 e. The van der Waals surface area contributed by atoms with Gasteiger partial charge in [0, 0.05) is 18.7 Å². The van der Waals surface area contributed by atoms with Gasteiger partial charge in [0.15, 0.2) is 0 Å². The topological polar surface area (TPSA) is 30.5 Å². The molecule has 3 nitrogen and oxygen atoms in total. The van der Waals surface area contributed by atoms with Gasteiger partial charge in [-0.15, -0.1) is 0 Å². The lowest BCUT2D eigenvalue weighted by Crippen LogP contribution is -2.47. The molecular weight excluding hydrogens is 262 g/mol. The van der Waals surface area contributed by atoms with Crippen LogP contribution in [0.25, 0.3) is 0 Å². The SMILES string of the molecule is CC(C)CCOc1ccc(CNC2(C)CCOC2C)cc1. The first kappa shape index (κ1) is 16.3. The highest BCUT2D eigenvalue weighted by Crippen LogP contribution is 2.25. The maximum Gasteiger partial charge on any atom is 0.119 e. The van der Waals surface area contributed by atoms with Gasteiger partial charge in [0.1, 0.15) is 5.75 Å². The summed E-state index contributed by atoms with van der Waals surface area (Å²) < 4.78 is 11.4. The van der Waals surface area contributed by atoms with Crippen LogP contribution in [0, 0.1) is 5.92 Å². The Hall–Kier alpha value is -1.06. The Labute approximate surface area is 129 Å². The Kier molecular flexibility index (Phi) is 5.65. The zero-order valence-electron chi connectivity index (χ0n) is 13.8. The van der Waals surface area contributed by atoms with Gasteiger partial charge in [-0.1, -0.05) is 26.0 Å². The zero-order chi connectivity index (χ0) is 15.3. The molecule has 2 atom stereocenters. The Balaban J connectivity index is 1.79. The van der Waals surface area contributed by atoms with Crippen molar-refractivity contribution in [1.29, 1.82) is 0 Å². The summed E-state index contributed by atoms with van der Waals surface area (Å²) in [7, 11) is 0. The monoisotopic (exact) mass is 291 g/mol. The molecule has 0 amide bonds. The highest BCUT2D eigenvalue weighted by molar-refractivity contribution is 5.27. The predicted octanol–water partition coefficient (Wildman–Crippen LogP) is 3.77. The zero-order valence-corrected chi connectivity index (χ0v) is 13.8. The summed E-state index contributed by atoms with van der Waals surface area (Å²) in [5.74, 6) is 1.65. The lowest BCUT2D eigenvalue weighted by atomic mass is 9.94. The second kappa shape index (κ2) is 7.28. The quantitative estimate of drug-likeness (QED) is 0.829. The number of hydrogen-bond acceptors (Lipinski definition) is 3. The van der Waals surface area contributed by atoms with Crippen LogP contribution in [0.3, 0.4) is 0 Å². The van der Waals surface area contributed by atoms with E-state index >= 15 is 0 Å². The van der Waals surface area contributed by atoms with Crippen LogP contribution >= 0.6 is 0 Å². The summed E-state index contributed by atoms with van der Waals surface area (Å²) in [6.45, 7) is 11.3. The first-order chi connectivity index (χ1) is 9.99. The van der Waals surface area contributed by atoms with Crippen LogP contribution < -0.4 is 10.1 Å². The van der Waals surface area contributed by atoms with Crippen molar-refractivity contribution in [3.8, 4) is 5.75 Å². The van der Waals surface area contributed by atoms with E-state index in [0.717, 1.165) is 38.3 Å². The van der Waals surface area contributed by atoms with Gasteiger partial charge in [-0.2, -0.15) is 0 Å². The van der Waals surface area contributed by atoms with Crippen molar-refractivity contribution in [3.63, 3.8) is 0 Å². The molecule has 0 radical (unpaired) electrons. The number of nitrogens with one attached hydrogen (secondary N) is 1. The molecule has 0 saturated carbocycles. The highest BCUT2D eigenvalue weighted by Gasteiger charge is 2.36. The molecule has 0 aliphatic carbocycles. The van der Waals surface area contributed by atoms with Crippen LogP contribution in [0.15, 0.2) is 24.3 Å². The van der Waals surface area contributed by atoms with Crippen molar-refractivity contribution < 1.29 is 9.47 Å². The van der Waals surface area contributed by atoms with Crippen LogP contribution in [0.2, 0.25) is 0 Å². The second-order valence-corrected chi connectivity index (χ2v) is 6.71. The minimum Gasteiger partial charge on any atom is -0.494 e. The molecule has 1 N–H and O–H groups in total. The van der Waals surface area contributed by atoms with E-state index in [1.165, 1.54) is 5.56 Å². The number of rotatable bonds is 7. The molecule has 1 aliphatic rings. The van der Waals surface area contributed by atoms with Crippen molar-refractivity contribution in [2.24, 2.45) is 5.92 Å². The van der Waals surface area contributed by atoms with Crippen LogP contribution in [0.1, 0.15) is 46.1 Å². The van der Waals surface area contributed by atoms with Gasteiger partial charge in [0.2, 0.25) is 0 Å². The van der Waals surface area contributed by atoms with Crippen molar-refractivity contribution in [2.75, 3.05) is 13.2 Å². The molecule has 1 heterocycles. The average molecular weight is 291 g/mol. The van der Waals surface area contributed by atoms with Crippen LogP contribution in [-0.4, -0.2) is 24.9 Å². The van der Waals surface area contributed by atoms with E-state index < -0.39 is 0 Å². The van der Waals surface area contributed by atoms with Gasteiger partial charge < -0.3 is 14.8 Å². The molecule has 2 unspecified atom stereocenters. The number of benzene rings is 1. The minimum atomic E-state index is 0.0897. The molecule has 0 aromatic heterocycles. The summed E-state index contributed by atoms with van der Waals surface area (Å²) in [6, 6.07) is 8.41. The molecule has 21 heavy (non-hydrogen) atoms. The molecule has 1 aromatic rings.